The number of tetrazole rings is 1. The summed E-state index contributed by atoms with van der Waals surface area (Å²) in [4.78, 5) is 12.8. The number of hydrogen-bond donors (Lipinski definition) is 2. The first-order chi connectivity index (χ1) is 12.7. The number of nitrogens with one attached hydrogen (secondary N) is 2. The van der Waals surface area contributed by atoms with Gasteiger partial charge in [0.25, 0.3) is 0 Å². The number of ether oxygens (including phenoxy) is 2. The lowest BCUT2D eigenvalue weighted by molar-refractivity contribution is -0.117. The lowest BCUT2D eigenvalue weighted by Crippen LogP contribution is -2.24. The van der Waals surface area contributed by atoms with Crippen molar-refractivity contribution >= 4 is 11.6 Å². The van der Waals surface area contributed by atoms with Crippen molar-refractivity contribution in [3.8, 4) is 11.5 Å². The van der Waals surface area contributed by atoms with Crippen LogP contribution < -0.4 is 14.8 Å². The van der Waals surface area contributed by atoms with Gasteiger partial charge in [-0.25, -0.2) is 0 Å². The largest absolute Gasteiger partial charge is 0.497 e. The number of carbonyl (C=O) groups is 1. The Morgan fingerprint density at radius 2 is 1.88 bits per heavy atom. The zero-order valence-electron chi connectivity index (χ0n) is 14.5. The lowest BCUT2D eigenvalue weighted by atomic mass is 9.97. The molecule has 134 valence electrons. The van der Waals surface area contributed by atoms with Gasteiger partial charge in [-0.1, -0.05) is 23.4 Å². The quantitative estimate of drug-likeness (QED) is 0.675. The molecule has 1 atom stereocenters. The number of aromatic nitrogens is 4. The summed E-state index contributed by atoms with van der Waals surface area (Å²) < 4.78 is 10.3. The second-order valence-electron chi connectivity index (χ2n) is 5.60. The molecule has 0 fully saturated rings. The van der Waals surface area contributed by atoms with Crippen LogP contribution in [-0.4, -0.2) is 40.8 Å². The second kappa shape index (κ2) is 8.11. The third-order valence-electron chi connectivity index (χ3n) is 3.93. The van der Waals surface area contributed by atoms with E-state index >= 15 is 0 Å². The average molecular weight is 353 g/mol. The zero-order chi connectivity index (χ0) is 18.4. The molecule has 0 aliphatic heterocycles. The van der Waals surface area contributed by atoms with Crippen LogP contribution in [0, 0.1) is 0 Å². The van der Waals surface area contributed by atoms with Crippen molar-refractivity contribution in [2.75, 3.05) is 19.5 Å². The molecule has 0 aliphatic rings. The topological polar surface area (TPSA) is 102 Å². The maximum Gasteiger partial charge on any atom is 0.235 e. The van der Waals surface area contributed by atoms with Crippen molar-refractivity contribution in [1.29, 1.82) is 0 Å². The van der Waals surface area contributed by atoms with Gasteiger partial charge in [-0.2, -0.15) is 5.21 Å². The first kappa shape index (κ1) is 17.4. The summed E-state index contributed by atoms with van der Waals surface area (Å²) in [6.45, 7) is 0. The molecule has 0 unspecified atom stereocenters. The number of nitrogens with zero attached hydrogens (tertiary/aromatic N) is 3. The van der Waals surface area contributed by atoms with E-state index in [0.29, 0.717) is 23.7 Å². The summed E-state index contributed by atoms with van der Waals surface area (Å²) in [6.07, 6.45) is 0.430. The van der Waals surface area contributed by atoms with Crippen LogP contribution in [0.1, 0.15) is 17.3 Å². The van der Waals surface area contributed by atoms with Gasteiger partial charge in [0.05, 0.1) is 14.2 Å². The smallest absolute Gasteiger partial charge is 0.235 e. The van der Waals surface area contributed by atoms with Crippen LogP contribution in [0.25, 0.3) is 0 Å². The molecule has 1 aromatic heterocycles. The highest BCUT2D eigenvalue weighted by Crippen LogP contribution is 2.23. The van der Waals surface area contributed by atoms with Crippen molar-refractivity contribution < 1.29 is 14.3 Å². The van der Waals surface area contributed by atoms with E-state index in [1.54, 1.807) is 32.4 Å². The molecular weight excluding hydrogens is 334 g/mol. The minimum Gasteiger partial charge on any atom is -0.497 e. The Bertz CT molecular complexity index is 850. The van der Waals surface area contributed by atoms with Gasteiger partial charge in [0.2, 0.25) is 5.91 Å². The Kier molecular flexibility index (Phi) is 5.43. The molecule has 3 rings (SSSR count). The van der Waals surface area contributed by atoms with Crippen molar-refractivity contribution in [2.45, 2.75) is 12.3 Å². The molecule has 0 saturated heterocycles. The summed E-state index contributed by atoms with van der Waals surface area (Å²) in [6, 6.07) is 14.7. The molecule has 0 bridgehead atoms. The van der Waals surface area contributed by atoms with E-state index in [2.05, 4.69) is 25.9 Å². The van der Waals surface area contributed by atoms with Crippen molar-refractivity contribution in [2.24, 2.45) is 0 Å². The van der Waals surface area contributed by atoms with E-state index in [1.165, 1.54) is 0 Å². The molecule has 0 aliphatic carbocycles. The minimum atomic E-state index is -0.589. The number of hydrogen-bond acceptors (Lipinski definition) is 6. The van der Waals surface area contributed by atoms with Crippen molar-refractivity contribution in [3.63, 3.8) is 0 Å². The summed E-state index contributed by atoms with van der Waals surface area (Å²) in [5, 5.41) is 16.8. The van der Waals surface area contributed by atoms with Crippen LogP contribution in [-0.2, 0) is 11.2 Å². The number of methoxy groups -OCH3 is 2. The normalized spacial score (nSPS) is 11.6. The van der Waals surface area contributed by atoms with E-state index in [0.717, 1.165) is 11.3 Å². The molecule has 0 saturated carbocycles. The van der Waals surface area contributed by atoms with Crippen LogP contribution >= 0.6 is 0 Å². The van der Waals surface area contributed by atoms with Gasteiger partial charge in [0.1, 0.15) is 17.4 Å². The van der Waals surface area contributed by atoms with E-state index in [4.69, 9.17) is 9.47 Å². The Labute approximate surface area is 150 Å². The fourth-order valence-electron chi connectivity index (χ4n) is 2.55. The standard InChI is InChI=1S/C18H19N5O3/c1-25-14-8-6-12(7-9-14)10-16(17-20-22-23-21-17)18(24)19-13-4-3-5-15(11-13)26-2/h3-9,11,16H,10H2,1-2H3,(H,19,24)(H,20,21,22,23)/t16-/m0/s1. The second-order valence-corrected chi connectivity index (χ2v) is 5.60. The molecule has 2 aromatic carbocycles. The maximum atomic E-state index is 12.8. The molecule has 1 amide bonds. The summed E-state index contributed by atoms with van der Waals surface area (Å²) in [5.74, 6) is 0.935. The molecule has 0 radical (unpaired) electrons. The predicted molar refractivity (Wildman–Crippen MR) is 95.2 cm³/mol. The van der Waals surface area contributed by atoms with E-state index in [-0.39, 0.29) is 5.91 Å². The van der Waals surface area contributed by atoms with Crippen LogP contribution in [0.15, 0.2) is 48.5 Å². The predicted octanol–water partition coefficient (Wildman–Crippen LogP) is 2.18. The highest BCUT2D eigenvalue weighted by molar-refractivity contribution is 5.95. The SMILES string of the molecule is COc1ccc(C[C@H](C(=O)Nc2cccc(OC)c2)c2nn[nH]n2)cc1. The highest BCUT2D eigenvalue weighted by Gasteiger charge is 2.25. The van der Waals surface area contributed by atoms with Crippen LogP contribution in [0.3, 0.4) is 0 Å². The van der Waals surface area contributed by atoms with E-state index < -0.39 is 5.92 Å². The molecule has 1 heterocycles. The lowest BCUT2D eigenvalue weighted by Gasteiger charge is -2.14. The van der Waals surface area contributed by atoms with Crippen molar-refractivity contribution in [3.05, 3.63) is 59.9 Å². The third kappa shape index (κ3) is 4.15. The van der Waals surface area contributed by atoms with Gasteiger partial charge in [-0.15, -0.1) is 10.2 Å². The Balaban J connectivity index is 1.80. The average Bonchev–Trinajstić information content (AvgIpc) is 3.21. The van der Waals surface area contributed by atoms with Gasteiger partial charge >= 0.3 is 0 Å². The maximum absolute atomic E-state index is 12.8. The Hall–Kier alpha value is -3.42. The van der Waals surface area contributed by atoms with E-state index in [1.807, 2.05) is 30.3 Å². The number of anilines is 1. The number of aromatic amines is 1. The molecule has 8 nitrogen and oxygen atoms in total. The Morgan fingerprint density at radius 1 is 1.12 bits per heavy atom. The van der Waals surface area contributed by atoms with Gasteiger partial charge in [0.15, 0.2) is 5.82 Å². The number of amides is 1. The number of H-pyrrole nitrogens is 1. The fraction of sp³-hybridized carbons (Fsp3) is 0.222. The fourth-order valence-corrected chi connectivity index (χ4v) is 2.55. The molecule has 3 aromatic rings. The van der Waals surface area contributed by atoms with Crippen LogP contribution in [0.5, 0.6) is 11.5 Å². The molecule has 8 heteroatoms. The monoisotopic (exact) mass is 353 g/mol. The molecular formula is C18H19N5O3. The highest BCUT2D eigenvalue weighted by atomic mass is 16.5. The Morgan fingerprint density at radius 3 is 2.54 bits per heavy atom. The summed E-state index contributed by atoms with van der Waals surface area (Å²) in [5.41, 5.74) is 1.60. The molecule has 26 heavy (non-hydrogen) atoms. The zero-order valence-corrected chi connectivity index (χ0v) is 14.5. The van der Waals surface area contributed by atoms with Crippen LogP contribution in [0.2, 0.25) is 0 Å². The van der Waals surface area contributed by atoms with Gasteiger partial charge in [0, 0.05) is 11.8 Å². The number of rotatable bonds is 7. The van der Waals surface area contributed by atoms with Gasteiger partial charge < -0.3 is 14.8 Å². The number of carbonyl (C=O) groups excluding carboxylic acids is 1. The summed E-state index contributed by atoms with van der Waals surface area (Å²) in [7, 11) is 3.19. The van der Waals surface area contributed by atoms with Gasteiger partial charge in [-0.3, -0.25) is 4.79 Å². The van der Waals surface area contributed by atoms with E-state index in [9.17, 15) is 4.79 Å². The van der Waals surface area contributed by atoms with Gasteiger partial charge in [-0.05, 0) is 36.2 Å². The number of benzene rings is 2. The van der Waals surface area contributed by atoms with Crippen molar-refractivity contribution in [1.82, 2.24) is 20.6 Å². The molecule has 0 spiro atoms. The third-order valence-corrected chi connectivity index (χ3v) is 3.93. The molecule has 2 N–H and O–H groups in total. The summed E-state index contributed by atoms with van der Waals surface area (Å²) >= 11 is 0. The minimum absolute atomic E-state index is 0.226. The van der Waals surface area contributed by atoms with Crippen LogP contribution in [0.4, 0.5) is 5.69 Å². The first-order valence-corrected chi connectivity index (χ1v) is 8.01. The first-order valence-electron chi connectivity index (χ1n) is 8.01.